The van der Waals surface area contributed by atoms with Crippen LogP contribution in [0.1, 0.15) is 19.5 Å². The molecule has 0 atom stereocenters. The molecule has 6 heteroatoms. The van der Waals surface area contributed by atoms with Crippen molar-refractivity contribution in [2.24, 2.45) is 5.92 Å². The van der Waals surface area contributed by atoms with Crippen LogP contribution in [0, 0.1) is 11.7 Å². The van der Waals surface area contributed by atoms with Crippen molar-refractivity contribution in [3.05, 3.63) is 54.0 Å². The van der Waals surface area contributed by atoms with E-state index >= 15 is 0 Å². The highest BCUT2D eigenvalue weighted by atomic mass is 19.1. The number of hydrogen-bond donors (Lipinski definition) is 2. The highest BCUT2D eigenvalue weighted by molar-refractivity contribution is 6.06. The third-order valence-electron chi connectivity index (χ3n) is 4.38. The molecule has 0 aliphatic rings. The number of carbonyl (C=O) groups is 1. The number of hydrogen-bond acceptors (Lipinski definition) is 3. The number of anilines is 1. The van der Waals surface area contributed by atoms with E-state index in [-0.39, 0.29) is 17.2 Å². The first-order chi connectivity index (χ1) is 12.8. The van der Waals surface area contributed by atoms with Crippen molar-refractivity contribution in [1.29, 1.82) is 0 Å². The van der Waals surface area contributed by atoms with Crippen LogP contribution >= 0.6 is 0 Å². The van der Waals surface area contributed by atoms with E-state index in [1.54, 1.807) is 24.3 Å². The van der Waals surface area contributed by atoms with Crippen LogP contribution < -0.4 is 4.90 Å². The van der Waals surface area contributed by atoms with Crippen molar-refractivity contribution >= 4 is 22.7 Å². The number of pyridine rings is 1. The quantitative estimate of drug-likeness (QED) is 0.675. The molecule has 0 spiro atoms. The summed E-state index contributed by atoms with van der Waals surface area (Å²) in [7, 11) is 1.42. The lowest BCUT2D eigenvalue weighted by molar-refractivity contribution is 0.203. The Balaban J connectivity index is 2.50. The summed E-state index contributed by atoms with van der Waals surface area (Å²) in [6.45, 7) is 4.02. The normalized spacial score (nSPS) is 11.1. The Kier molecular flexibility index (Phi) is 4.99. The summed E-state index contributed by atoms with van der Waals surface area (Å²) in [5.41, 5.74) is 2.16. The number of halogens is 1. The molecule has 0 saturated heterocycles. The first-order valence-electron chi connectivity index (χ1n) is 8.66. The average molecular weight is 368 g/mol. The van der Waals surface area contributed by atoms with Crippen LogP contribution in [0.15, 0.2) is 42.5 Å². The average Bonchev–Trinajstić information content (AvgIpc) is 2.60. The number of benzene rings is 2. The maximum absolute atomic E-state index is 14.7. The molecule has 5 nitrogen and oxygen atoms in total. The lowest BCUT2D eigenvalue weighted by Crippen LogP contribution is -2.26. The number of fused-ring (bicyclic) bond motifs is 1. The van der Waals surface area contributed by atoms with E-state index in [1.807, 2.05) is 13.8 Å². The minimum absolute atomic E-state index is 0.00225. The first-order valence-corrected chi connectivity index (χ1v) is 8.66. The zero-order chi connectivity index (χ0) is 19.7. The monoisotopic (exact) mass is 368 g/mol. The summed E-state index contributed by atoms with van der Waals surface area (Å²) in [4.78, 5) is 17.5. The predicted molar refractivity (Wildman–Crippen MR) is 104 cm³/mol. The third-order valence-corrected chi connectivity index (χ3v) is 4.38. The lowest BCUT2D eigenvalue weighted by Gasteiger charge is -2.24. The Hall–Kier alpha value is -3.15. The lowest BCUT2D eigenvalue weighted by atomic mass is 9.94. The topological polar surface area (TPSA) is 73.7 Å². The van der Waals surface area contributed by atoms with Crippen LogP contribution in [0.4, 0.5) is 14.9 Å². The smallest absolute Gasteiger partial charge is 0.411 e. The Labute approximate surface area is 156 Å². The van der Waals surface area contributed by atoms with Crippen LogP contribution in [0.2, 0.25) is 0 Å². The second-order valence-electron chi connectivity index (χ2n) is 6.90. The van der Waals surface area contributed by atoms with E-state index < -0.39 is 11.9 Å². The number of phenols is 1. The molecule has 0 saturated carbocycles. The number of aromatic hydroxyl groups is 1. The molecule has 1 aromatic heterocycles. The molecule has 0 unspecified atom stereocenters. The van der Waals surface area contributed by atoms with E-state index in [0.717, 1.165) is 4.90 Å². The molecule has 3 rings (SSSR count). The van der Waals surface area contributed by atoms with Gasteiger partial charge < -0.3 is 10.2 Å². The Morgan fingerprint density at radius 1 is 1.22 bits per heavy atom. The Bertz CT molecular complexity index is 1020. The Morgan fingerprint density at radius 3 is 2.56 bits per heavy atom. The van der Waals surface area contributed by atoms with Gasteiger partial charge in [0, 0.05) is 23.6 Å². The number of rotatable bonds is 4. The fraction of sp³-hybridized carbons (Fsp3) is 0.238. The van der Waals surface area contributed by atoms with E-state index in [4.69, 9.17) is 0 Å². The number of carboxylic acid groups (broad SMARTS) is 1. The third kappa shape index (κ3) is 3.56. The standard InChI is InChI=1S/C21H21FN2O3/c1-12(2)10-18-20(24(3)21(26)27)19(14-6-4-5-7-16(14)22)15-11-13(25)8-9-17(15)23-18/h4-9,11-12,25H,10H2,1-3H3,(H,26,27). The van der Waals surface area contributed by atoms with E-state index in [0.29, 0.717) is 34.3 Å². The van der Waals surface area contributed by atoms with Crippen molar-refractivity contribution in [2.45, 2.75) is 20.3 Å². The number of nitrogens with zero attached hydrogens (tertiary/aromatic N) is 2. The van der Waals surface area contributed by atoms with Crippen LogP contribution in [0.25, 0.3) is 22.0 Å². The number of phenolic OH excluding ortho intramolecular Hbond substituents is 1. The van der Waals surface area contributed by atoms with Gasteiger partial charge in [0.25, 0.3) is 0 Å². The maximum atomic E-state index is 14.7. The highest BCUT2D eigenvalue weighted by Gasteiger charge is 2.25. The Morgan fingerprint density at radius 2 is 1.93 bits per heavy atom. The second kappa shape index (κ2) is 7.23. The van der Waals surface area contributed by atoms with Crippen LogP contribution in [-0.2, 0) is 6.42 Å². The zero-order valence-corrected chi connectivity index (χ0v) is 15.4. The van der Waals surface area contributed by atoms with Gasteiger partial charge in [0.15, 0.2) is 0 Å². The van der Waals surface area contributed by atoms with E-state index in [9.17, 15) is 19.4 Å². The molecule has 0 radical (unpaired) electrons. The molecule has 1 amide bonds. The molecule has 0 aliphatic heterocycles. The van der Waals surface area contributed by atoms with Gasteiger partial charge >= 0.3 is 6.09 Å². The SMILES string of the molecule is CC(C)Cc1nc2ccc(O)cc2c(-c2ccccc2F)c1N(C)C(=O)O. The summed E-state index contributed by atoms with van der Waals surface area (Å²) in [6.07, 6.45) is -0.635. The highest BCUT2D eigenvalue weighted by Crippen LogP contribution is 2.41. The molecule has 3 aromatic rings. The van der Waals surface area contributed by atoms with Crippen molar-refractivity contribution in [3.63, 3.8) is 0 Å². The first kappa shape index (κ1) is 18.6. The largest absolute Gasteiger partial charge is 0.508 e. The summed E-state index contributed by atoms with van der Waals surface area (Å²) in [5, 5.41) is 20.1. The van der Waals surface area contributed by atoms with Crippen molar-refractivity contribution in [1.82, 2.24) is 4.98 Å². The van der Waals surface area contributed by atoms with Gasteiger partial charge in [0.05, 0.1) is 16.9 Å². The number of aromatic nitrogens is 1. The maximum Gasteiger partial charge on any atom is 0.411 e. The molecule has 0 bridgehead atoms. The molecule has 2 N–H and O–H groups in total. The van der Waals surface area contributed by atoms with Crippen molar-refractivity contribution in [2.75, 3.05) is 11.9 Å². The molecular weight excluding hydrogens is 347 g/mol. The minimum Gasteiger partial charge on any atom is -0.508 e. The minimum atomic E-state index is -1.17. The summed E-state index contributed by atoms with van der Waals surface area (Å²) >= 11 is 0. The molecule has 2 aromatic carbocycles. The molecule has 0 aliphatic carbocycles. The molecule has 27 heavy (non-hydrogen) atoms. The molecule has 1 heterocycles. The van der Waals surface area contributed by atoms with Crippen LogP contribution in [0.3, 0.4) is 0 Å². The summed E-state index contributed by atoms with van der Waals surface area (Å²) < 4.78 is 14.7. The summed E-state index contributed by atoms with van der Waals surface area (Å²) in [5.74, 6) is -0.243. The fourth-order valence-electron chi connectivity index (χ4n) is 3.21. The van der Waals surface area contributed by atoms with Gasteiger partial charge in [-0.15, -0.1) is 0 Å². The second-order valence-corrected chi connectivity index (χ2v) is 6.90. The van der Waals surface area contributed by atoms with Gasteiger partial charge in [-0.1, -0.05) is 32.0 Å². The van der Waals surface area contributed by atoms with Gasteiger partial charge in [-0.2, -0.15) is 0 Å². The molecular formula is C21H21FN2O3. The molecule has 140 valence electrons. The van der Waals surface area contributed by atoms with E-state index in [2.05, 4.69) is 4.98 Å². The van der Waals surface area contributed by atoms with Gasteiger partial charge in [0.2, 0.25) is 0 Å². The fourth-order valence-corrected chi connectivity index (χ4v) is 3.21. The zero-order valence-electron chi connectivity index (χ0n) is 15.4. The van der Waals surface area contributed by atoms with Crippen molar-refractivity contribution in [3.8, 4) is 16.9 Å². The van der Waals surface area contributed by atoms with Gasteiger partial charge in [0.1, 0.15) is 11.6 Å². The van der Waals surface area contributed by atoms with Gasteiger partial charge in [-0.25, -0.2) is 9.18 Å². The van der Waals surface area contributed by atoms with Crippen LogP contribution in [-0.4, -0.2) is 28.3 Å². The van der Waals surface area contributed by atoms with Gasteiger partial charge in [-0.05, 0) is 36.6 Å². The predicted octanol–water partition coefficient (Wildman–Crippen LogP) is 5.06. The van der Waals surface area contributed by atoms with Gasteiger partial charge in [-0.3, -0.25) is 9.88 Å². The van der Waals surface area contributed by atoms with E-state index in [1.165, 1.54) is 25.2 Å². The van der Waals surface area contributed by atoms with Crippen molar-refractivity contribution < 1.29 is 19.4 Å². The number of amides is 1. The van der Waals surface area contributed by atoms with Crippen LogP contribution in [0.5, 0.6) is 5.75 Å². The summed E-state index contributed by atoms with van der Waals surface area (Å²) in [6, 6.07) is 10.9. The molecule has 0 fully saturated rings.